The maximum absolute atomic E-state index is 13.1. The lowest BCUT2D eigenvalue weighted by atomic mass is 9.99. The number of carboxylic acid groups (broad SMARTS) is 1. The average molecular weight is 461 g/mol. The molecule has 3 aliphatic rings. The number of carbonyl (C=O) groups is 1. The first-order chi connectivity index (χ1) is 15.3. The van der Waals surface area contributed by atoms with Gasteiger partial charge in [0.05, 0.1) is 0 Å². The molecule has 32 heavy (non-hydrogen) atoms. The SMILES string of the molecule is CN(CC1CCN(S(=O)(=O)c2nnc(Nc3c4c(cc5c3CCC5)CCC4)[nH]2)C1)C(=O)O. The fourth-order valence-corrected chi connectivity index (χ4v) is 6.62. The van der Waals surface area contributed by atoms with E-state index in [1.807, 2.05) is 0 Å². The monoisotopic (exact) mass is 460 g/mol. The zero-order valence-corrected chi connectivity index (χ0v) is 18.9. The summed E-state index contributed by atoms with van der Waals surface area (Å²) < 4.78 is 27.5. The van der Waals surface area contributed by atoms with Gasteiger partial charge in [-0.3, -0.25) is 4.98 Å². The van der Waals surface area contributed by atoms with Gasteiger partial charge in [-0.25, -0.2) is 13.2 Å². The summed E-state index contributed by atoms with van der Waals surface area (Å²) in [5.41, 5.74) is 6.48. The van der Waals surface area contributed by atoms with Crippen LogP contribution in [-0.4, -0.2) is 70.7 Å². The number of rotatable bonds is 6. The maximum atomic E-state index is 13.1. The Bertz CT molecular complexity index is 1130. The molecule has 2 heterocycles. The van der Waals surface area contributed by atoms with E-state index in [1.54, 1.807) is 0 Å². The molecule has 3 N–H and O–H groups in total. The largest absolute Gasteiger partial charge is 0.465 e. The lowest BCUT2D eigenvalue weighted by Gasteiger charge is -2.18. The van der Waals surface area contributed by atoms with Gasteiger partial charge in [-0.1, -0.05) is 6.07 Å². The van der Waals surface area contributed by atoms with Crippen LogP contribution < -0.4 is 5.32 Å². The first kappa shape index (κ1) is 21.2. The van der Waals surface area contributed by atoms with Gasteiger partial charge in [0, 0.05) is 32.4 Å². The topological polar surface area (TPSA) is 132 Å². The summed E-state index contributed by atoms with van der Waals surface area (Å²) in [6.45, 7) is 0.904. The zero-order valence-electron chi connectivity index (χ0n) is 18.1. The molecule has 1 aliphatic heterocycles. The minimum Gasteiger partial charge on any atom is -0.465 e. The fourth-order valence-electron chi connectivity index (χ4n) is 5.26. The van der Waals surface area contributed by atoms with Crippen molar-refractivity contribution in [3.8, 4) is 0 Å². The molecule has 0 saturated carbocycles. The van der Waals surface area contributed by atoms with Crippen LogP contribution in [0.2, 0.25) is 0 Å². The summed E-state index contributed by atoms with van der Waals surface area (Å²) in [6, 6.07) is 2.34. The van der Waals surface area contributed by atoms with Gasteiger partial charge in [-0.2, -0.15) is 4.31 Å². The standard InChI is InChI=1S/C21H28N6O4S/c1-26(21(28)29)11-13-8-9-27(12-13)32(30,31)20-23-19(24-25-20)22-18-16-6-2-4-14(16)10-15-5-3-7-17(15)18/h10,13H,2-9,11-12H2,1H3,(H,28,29)(H2,22,23,24,25). The summed E-state index contributed by atoms with van der Waals surface area (Å²) in [4.78, 5) is 15.1. The number of amides is 1. The fraction of sp³-hybridized carbons (Fsp3) is 0.571. The highest BCUT2D eigenvalue weighted by Crippen LogP contribution is 2.39. The van der Waals surface area contributed by atoms with Crippen molar-refractivity contribution < 1.29 is 18.3 Å². The normalized spacial score (nSPS) is 20.3. The summed E-state index contributed by atoms with van der Waals surface area (Å²) >= 11 is 0. The van der Waals surface area contributed by atoms with Crippen LogP contribution in [0, 0.1) is 5.92 Å². The van der Waals surface area contributed by atoms with E-state index in [-0.39, 0.29) is 17.6 Å². The van der Waals surface area contributed by atoms with Crippen LogP contribution >= 0.6 is 0 Å². The molecule has 0 bridgehead atoms. The summed E-state index contributed by atoms with van der Waals surface area (Å²) in [7, 11) is -2.33. The minimum atomic E-state index is -3.82. The number of hydrogen-bond donors (Lipinski definition) is 3. The lowest BCUT2D eigenvalue weighted by Crippen LogP contribution is -2.34. The van der Waals surface area contributed by atoms with E-state index < -0.39 is 16.1 Å². The Morgan fingerprint density at radius 3 is 2.56 bits per heavy atom. The maximum Gasteiger partial charge on any atom is 0.407 e. The molecule has 1 aromatic heterocycles. The van der Waals surface area contributed by atoms with Gasteiger partial charge in [0.15, 0.2) is 0 Å². The molecule has 1 fully saturated rings. The second kappa shape index (κ2) is 8.04. The van der Waals surface area contributed by atoms with Gasteiger partial charge in [-0.15, -0.1) is 10.2 Å². The van der Waals surface area contributed by atoms with Crippen molar-refractivity contribution in [3.05, 3.63) is 28.3 Å². The highest BCUT2D eigenvalue weighted by Gasteiger charge is 2.36. The van der Waals surface area contributed by atoms with Crippen LogP contribution in [0.1, 0.15) is 41.5 Å². The first-order valence-electron chi connectivity index (χ1n) is 11.1. The van der Waals surface area contributed by atoms with E-state index in [9.17, 15) is 13.2 Å². The molecule has 1 atom stereocenters. The van der Waals surface area contributed by atoms with Gasteiger partial charge in [-0.05, 0) is 73.1 Å². The Hall–Kier alpha value is -2.66. The number of aromatic amines is 1. The lowest BCUT2D eigenvalue weighted by molar-refractivity contribution is 0.149. The number of anilines is 2. The number of nitrogens with one attached hydrogen (secondary N) is 2. The average Bonchev–Trinajstić information content (AvgIpc) is 3.54. The van der Waals surface area contributed by atoms with Crippen LogP contribution in [0.4, 0.5) is 16.4 Å². The number of sulfonamides is 1. The van der Waals surface area contributed by atoms with Crippen LogP contribution in [0.3, 0.4) is 0 Å². The zero-order chi connectivity index (χ0) is 22.5. The summed E-state index contributed by atoms with van der Waals surface area (Å²) in [5, 5.41) is 20.2. The van der Waals surface area contributed by atoms with Gasteiger partial charge in [0.2, 0.25) is 5.95 Å². The molecule has 1 saturated heterocycles. The van der Waals surface area contributed by atoms with E-state index >= 15 is 0 Å². The van der Waals surface area contributed by atoms with Gasteiger partial charge < -0.3 is 15.3 Å². The second-order valence-corrected chi connectivity index (χ2v) is 10.9. The predicted molar refractivity (Wildman–Crippen MR) is 118 cm³/mol. The number of fused-ring (bicyclic) bond motifs is 2. The third kappa shape index (κ3) is 3.73. The van der Waals surface area contributed by atoms with Crippen molar-refractivity contribution >= 4 is 27.8 Å². The molecule has 1 unspecified atom stereocenters. The Morgan fingerprint density at radius 2 is 1.91 bits per heavy atom. The summed E-state index contributed by atoms with van der Waals surface area (Å²) in [5.74, 6) is 0.292. The second-order valence-electron chi connectivity index (χ2n) is 9.02. The van der Waals surface area contributed by atoms with Crippen molar-refractivity contribution in [2.45, 2.75) is 50.1 Å². The third-order valence-electron chi connectivity index (χ3n) is 6.87. The Kier molecular flexibility index (Phi) is 5.32. The number of nitrogens with zero attached hydrogens (tertiary/aromatic N) is 4. The number of H-pyrrole nitrogens is 1. The van der Waals surface area contributed by atoms with Crippen molar-refractivity contribution in [1.29, 1.82) is 0 Å². The highest BCUT2D eigenvalue weighted by molar-refractivity contribution is 7.89. The number of aryl methyl sites for hydroxylation is 2. The molecule has 2 aromatic rings. The Balaban J connectivity index is 1.33. The smallest absolute Gasteiger partial charge is 0.407 e. The van der Waals surface area contributed by atoms with E-state index in [1.165, 1.54) is 38.5 Å². The molecule has 11 heteroatoms. The van der Waals surface area contributed by atoms with Crippen molar-refractivity contribution in [3.63, 3.8) is 0 Å². The van der Waals surface area contributed by atoms with Crippen LogP contribution in [0.25, 0.3) is 0 Å². The number of aromatic nitrogens is 3. The molecular weight excluding hydrogens is 432 g/mol. The predicted octanol–water partition coefficient (Wildman–Crippen LogP) is 2.15. The molecular formula is C21H28N6O4S. The van der Waals surface area contributed by atoms with Crippen molar-refractivity contribution in [2.75, 3.05) is 32.0 Å². The first-order valence-corrected chi connectivity index (χ1v) is 12.6. The van der Waals surface area contributed by atoms with Crippen molar-refractivity contribution in [1.82, 2.24) is 24.4 Å². The molecule has 10 nitrogen and oxygen atoms in total. The van der Waals surface area contributed by atoms with Gasteiger partial charge >= 0.3 is 6.09 Å². The van der Waals surface area contributed by atoms with E-state index in [0.29, 0.717) is 25.5 Å². The highest BCUT2D eigenvalue weighted by atomic mass is 32.2. The number of benzene rings is 1. The molecule has 172 valence electrons. The van der Waals surface area contributed by atoms with E-state index in [2.05, 4.69) is 26.6 Å². The Morgan fingerprint density at radius 1 is 1.22 bits per heavy atom. The molecule has 1 amide bonds. The molecule has 5 rings (SSSR count). The van der Waals surface area contributed by atoms with Crippen LogP contribution in [0.15, 0.2) is 11.2 Å². The van der Waals surface area contributed by atoms with E-state index in [4.69, 9.17) is 5.11 Å². The molecule has 2 aliphatic carbocycles. The van der Waals surface area contributed by atoms with Crippen LogP contribution in [0.5, 0.6) is 0 Å². The quantitative estimate of drug-likeness (QED) is 0.602. The number of hydrogen-bond acceptors (Lipinski definition) is 6. The molecule has 0 spiro atoms. The van der Waals surface area contributed by atoms with Crippen LogP contribution in [-0.2, 0) is 35.7 Å². The third-order valence-corrected chi connectivity index (χ3v) is 8.56. The van der Waals surface area contributed by atoms with Gasteiger partial charge in [0.25, 0.3) is 15.2 Å². The Labute approximate surface area is 187 Å². The molecule has 0 radical (unpaired) electrons. The summed E-state index contributed by atoms with van der Waals surface area (Å²) in [6.07, 6.45) is 6.07. The van der Waals surface area contributed by atoms with Crippen molar-refractivity contribution in [2.24, 2.45) is 5.92 Å². The molecule has 1 aromatic carbocycles. The van der Waals surface area contributed by atoms with E-state index in [0.717, 1.165) is 44.2 Å². The minimum absolute atomic E-state index is 0.0408. The van der Waals surface area contributed by atoms with Gasteiger partial charge in [0.1, 0.15) is 0 Å².